The number of para-hydroxylation sites is 1. The van der Waals surface area contributed by atoms with Crippen LogP contribution in [0.15, 0.2) is 24.3 Å². The van der Waals surface area contributed by atoms with E-state index in [1.165, 1.54) is 0 Å². The predicted octanol–water partition coefficient (Wildman–Crippen LogP) is 1.40. The van der Waals surface area contributed by atoms with Gasteiger partial charge in [-0.25, -0.2) is 0 Å². The highest BCUT2D eigenvalue weighted by atomic mass is 32.2. The second-order valence-electron chi connectivity index (χ2n) is 4.26. The second-order valence-corrected chi connectivity index (χ2v) is 5.64. The van der Waals surface area contributed by atoms with Crippen LogP contribution in [0.25, 0.3) is 5.69 Å². The lowest BCUT2D eigenvalue weighted by Crippen LogP contribution is -2.29. The molecule has 0 amide bonds. The maximum Gasteiger partial charge on any atom is 0.179 e. The summed E-state index contributed by atoms with van der Waals surface area (Å²) >= 11 is 7.49. The zero-order chi connectivity index (χ0) is 12.1. The highest BCUT2D eigenvalue weighted by molar-refractivity contribution is 7.99. The van der Waals surface area contributed by atoms with Crippen molar-refractivity contribution >= 4 is 29.0 Å². The van der Waals surface area contributed by atoms with Gasteiger partial charge in [-0.3, -0.25) is 0 Å². The molecule has 1 aromatic heterocycles. The van der Waals surface area contributed by atoms with Gasteiger partial charge in [0.15, 0.2) is 5.82 Å². The van der Waals surface area contributed by atoms with E-state index in [2.05, 4.69) is 20.4 Å². The Bertz CT molecular complexity index is 638. The second kappa shape index (κ2) is 3.76. The molecule has 4 rings (SSSR count). The predicted molar refractivity (Wildman–Crippen MR) is 72.8 cm³/mol. The molecule has 5 nitrogen and oxygen atoms in total. The lowest BCUT2D eigenvalue weighted by molar-refractivity contribution is 0.404. The number of benzene rings is 1. The summed E-state index contributed by atoms with van der Waals surface area (Å²) in [5, 5.41) is 12.1. The van der Waals surface area contributed by atoms with Crippen LogP contribution in [-0.4, -0.2) is 41.7 Å². The van der Waals surface area contributed by atoms with Gasteiger partial charge in [0, 0.05) is 11.3 Å². The van der Waals surface area contributed by atoms with E-state index in [-0.39, 0.29) is 6.04 Å². The zero-order valence-electron chi connectivity index (χ0n) is 9.35. The van der Waals surface area contributed by atoms with Crippen LogP contribution in [0, 0.1) is 0 Å². The number of thioether (sulfide) groups is 1. The van der Waals surface area contributed by atoms with Crippen LogP contribution in [-0.2, 0) is 0 Å². The molecule has 0 N–H and O–H groups in total. The van der Waals surface area contributed by atoms with Crippen molar-refractivity contribution in [1.29, 1.82) is 0 Å². The normalized spacial score (nSPS) is 21.2. The van der Waals surface area contributed by atoms with Crippen molar-refractivity contribution < 1.29 is 0 Å². The summed E-state index contributed by atoms with van der Waals surface area (Å²) in [6.07, 6.45) is 0. The van der Waals surface area contributed by atoms with Crippen LogP contribution in [0.5, 0.6) is 0 Å². The first-order valence-corrected chi connectivity index (χ1v) is 7.19. The Kier molecular flexibility index (Phi) is 2.18. The van der Waals surface area contributed by atoms with Gasteiger partial charge in [0.1, 0.15) is 11.0 Å². The van der Waals surface area contributed by atoms with Crippen molar-refractivity contribution in [3.8, 4) is 5.69 Å². The van der Waals surface area contributed by atoms with E-state index in [4.69, 9.17) is 12.2 Å². The molecule has 90 valence electrons. The van der Waals surface area contributed by atoms with Crippen molar-refractivity contribution in [1.82, 2.24) is 25.1 Å². The number of rotatable bonds is 0. The highest BCUT2D eigenvalue weighted by Crippen LogP contribution is 2.37. The lowest BCUT2D eigenvalue weighted by atomic mass is 10.1. The minimum atomic E-state index is 0.185. The Labute approximate surface area is 113 Å². The van der Waals surface area contributed by atoms with Crippen LogP contribution in [0.2, 0.25) is 0 Å². The standard InChI is InChI=1S/C11H9N5S2/c17-11-7-3-1-2-4-8(7)16-10(12-13-14-16)9-5-18-6-15(9)11/h1-4,9H,5-6H2. The molecule has 2 aliphatic rings. The summed E-state index contributed by atoms with van der Waals surface area (Å²) in [7, 11) is 0. The Morgan fingerprint density at radius 1 is 1.33 bits per heavy atom. The fourth-order valence-corrected chi connectivity index (χ4v) is 4.03. The first-order chi connectivity index (χ1) is 8.86. The smallest absolute Gasteiger partial charge is 0.179 e. The minimum Gasteiger partial charge on any atom is -0.342 e. The summed E-state index contributed by atoms with van der Waals surface area (Å²) in [5.41, 5.74) is 2.01. The van der Waals surface area contributed by atoms with Gasteiger partial charge < -0.3 is 4.90 Å². The summed E-state index contributed by atoms with van der Waals surface area (Å²) in [6.45, 7) is 0. The minimum absolute atomic E-state index is 0.185. The molecular weight excluding hydrogens is 266 g/mol. The molecule has 1 unspecified atom stereocenters. The van der Waals surface area contributed by atoms with Gasteiger partial charge in [0.05, 0.1) is 11.6 Å². The van der Waals surface area contributed by atoms with Gasteiger partial charge in [0.2, 0.25) is 0 Å². The number of fused-ring (bicyclic) bond motifs is 5. The summed E-state index contributed by atoms with van der Waals surface area (Å²) < 4.78 is 1.82. The highest BCUT2D eigenvalue weighted by Gasteiger charge is 2.37. The third-order valence-corrected chi connectivity index (χ3v) is 4.76. The number of thiocarbonyl (C=S) groups is 1. The molecular formula is C11H9N5S2. The molecule has 0 bridgehead atoms. The molecule has 0 aliphatic carbocycles. The molecule has 0 radical (unpaired) electrons. The fourth-order valence-electron chi connectivity index (χ4n) is 2.42. The van der Waals surface area contributed by atoms with E-state index in [0.717, 1.165) is 33.7 Å². The molecule has 1 saturated heterocycles. The van der Waals surface area contributed by atoms with Gasteiger partial charge in [-0.2, -0.15) is 4.68 Å². The number of hydrogen-bond donors (Lipinski definition) is 0. The van der Waals surface area contributed by atoms with Crippen LogP contribution in [0.3, 0.4) is 0 Å². The monoisotopic (exact) mass is 275 g/mol. The van der Waals surface area contributed by atoms with Crippen molar-refractivity contribution in [3.05, 3.63) is 35.7 Å². The summed E-state index contributed by atoms with van der Waals surface area (Å²) in [4.78, 5) is 3.10. The van der Waals surface area contributed by atoms with E-state index < -0.39 is 0 Å². The van der Waals surface area contributed by atoms with Crippen molar-refractivity contribution in [2.75, 3.05) is 11.6 Å². The fraction of sp³-hybridized carbons (Fsp3) is 0.273. The largest absolute Gasteiger partial charge is 0.342 e. The first-order valence-electron chi connectivity index (χ1n) is 5.62. The Hall–Kier alpha value is -1.47. The molecule has 7 heteroatoms. The van der Waals surface area contributed by atoms with Gasteiger partial charge in [0.25, 0.3) is 0 Å². The van der Waals surface area contributed by atoms with Gasteiger partial charge in [-0.05, 0) is 22.6 Å². The molecule has 0 saturated carbocycles. The number of aromatic nitrogens is 4. The Balaban J connectivity index is 2.04. The van der Waals surface area contributed by atoms with Crippen LogP contribution in [0.1, 0.15) is 17.4 Å². The molecule has 0 spiro atoms. The maximum absolute atomic E-state index is 5.62. The van der Waals surface area contributed by atoms with Gasteiger partial charge in [-0.1, -0.05) is 24.4 Å². The van der Waals surface area contributed by atoms with Crippen LogP contribution < -0.4 is 0 Å². The maximum atomic E-state index is 5.62. The molecule has 1 fully saturated rings. The van der Waals surface area contributed by atoms with Crippen LogP contribution in [0.4, 0.5) is 0 Å². The topological polar surface area (TPSA) is 46.8 Å². The Morgan fingerprint density at radius 2 is 2.22 bits per heavy atom. The van der Waals surface area contributed by atoms with Crippen LogP contribution >= 0.6 is 24.0 Å². The van der Waals surface area contributed by atoms with E-state index in [0.29, 0.717) is 0 Å². The third kappa shape index (κ3) is 1.28. The molecule has 2 aromatic rings. The SMILES string of the molecule is S=C1c2ccccc2-n2nnnc2C2CSCN12. The van der Waals surface area contributed by atoms with E-state index in [9.17, 15) is 0 Å². The number of nitrogens with zero attached hydrogens (tertiary/aromatic N) is 5. The quantitative estimate of drug-likeness (QED) is 0.677. The van der Waals surface area contributed by atoms with Crippen molar-refractivity contribution in [2.45, 2.75) is 6.04 Å². The van der Waals surface area contributed by atoms with E-state index >= 15 is 0 Å². The number of hydrogen-bond acceptors (Lipinski definition) is 5. The zero-order valence-corrected chi connectivity index (χ0v) is 11.0. The third-order valence-electron chi connectivity index (χ3n) is 3.30. The average Bonchev–Trinajstić information content (AvgIpc) is 3.04. The Morgan fingerprint density at radius 3 is 3.17 bits per heavy atom. The van der Waals surface area contributed by atoms with E-state index in [1.54, 1.807) is 0 Å². The molecule has 2 aliphatic heterocycles. The number of tetrazole rings is 1. The molecule has 1 aromatic carbocycles. The first kappa shape index (κ1) is 10.5. The van der Waals surface area contributed by atoms with E-state index in [1.807, 2.05) is 40.7 Å². The average molecular weight is 275 g/mol. The van der Waals surface area contributed by atoms with Gasteiger partial charge in [-0.15, -0.1) is 16.9 Å². The summed E-state index contributed by atoms with van der Waals surface area (Å²) in [5.74, 6) is 2.77. The van der Waals surface area contributed by atoms with Gasteiger partial charge >= 0.3 is 0 Å². The molecule has 3 heterocycles. The van der Waals surface area contributed by atoms with Crippen molar-refractivity contribution in [3.63, 3.8) is 0 Å². The molecule has 1 atom stereocenters. The lowest BCUT2D eigenvalue weighted by Gasteiger charge is -2.22. The summed E-state index contributed by atoms with van der Waals surface area (Å²) in [6, 6.07) is 8.21. The van der Waals surface area contributed by atoms with Crippen molar-refractivity contribution in [2.24, 2.45) is 0 Å². The molecule has 18 heavy (non-hydrogen) atoms.